The van der Waals surface area contributed by atoms with Gasteiger partial charge in [0.15, 0.2) is 0 Å². The number of hydrogen-bond acceptors (Lipinski definition) is 1. The maximum Gasteiger partial charge on any atom is 0.380 e. The molecule has 1 radical (unpaired) electrons. The summed E-state index contributed by atoms with van der Waals surface area (Å²) in [5.74, 6) is -23.1. The Bertz CT molecular complexity index is 399. The van der Waals surface area contributed by atoms with Gasteiger partial charge in [0, 0.05) is 6.42 Å². The lowest BCUT2D eigenvalue weighted by atomic mass is 9.95. The van der Waals surface area contributed by atoms with Crippen LogP contribution in [-0.4, -0.2) is 30.3 Å². The molecule has 27 heavy (non-hydrogen) atoms. The van der Waals surface area contributed by atoms with E-state index >= 15 is 0 Å². The third-order valence-corrected chi connectivity index (χ3v) is 4.22. The van der Waals surface area contributed by atoms with Crippen LogP contribution in [0.15, 0.2) is 0 Å². The molecule has 0 spiro atoms. The van der Waals surface area contributed by atoms with Gasteiger partial charge in [-0.3, -0.25) is 0 Å². The number of ether oxygens (including phenoxy) is 1. The van der Waals surface area contributed by atoms with E-state index < -0.39 is 43.1 Å². The molecule has 0 atom stereocenters. The zero-order valence-electron chi connectivity index (χ0n) is 15.8. The van der Waals surface area contributed by atoms with Crippen LogP contribution < -0.4 is 0 Å². The van der Waals surface area contributed by atoms with E-state index in [0.717, 1.165) is 25.9 Å². The van der Waals surface area contributed by atoms with Crippen LogP contribution in [0.25, 0.3) is 0 Å². The molecule has 0 aliphatic rings. The van der Waals surface area contributed by atoms with Crippen LogP contribution >= 0.6 is 0 Å². The lowest BCUT2D eigenvalue weighted by Crippen LogP contribution is -2.63. The fourth-order valence-corrected chi connectivity index (χ4v) is 2.38. The van der Waals surface area contributed by atoms with Crippen LogP contribution in [-0.2, 0) is 4.74 Å². The molecule has 0 amide bonds. The fraction of sp³-hybridized carbons (Fsp3) is 0.944. The summed E-state index contributed by atoms with van der Waals surface area (Å²) in [4.78, 5) is 0. The fourth-order valence-electron chi connectivity index (χ4n) is 2.38. The van der Waals surface area contributed by atoms with Gasteiger partial charge in [0.25, 0.3) is 0 Å². The molecule has 0 N–H and O–H groups in total. The van der Waals surface area contributed by atoms with Gasteiger partial charge in [0.1, 0.15) is 6.61 Å². The Labute approximate surface area is 155 Å². The van der Waals surface area contributed by atoms with Crippen LogP contribution in [0.4, 0.5) is 35.1 Å². The summed E-state index contributed by atoms with van der Waals surface area (Å²) in [5, 5.41) is 0. The minimum atomic E-state index is -6.25. The molecule has 0 aliphatic heterocycles. The van der Waals surface area contributed by atoms with E-state index in [4.69, 9.17) is 0 Å². The molecule has 0 aliphatic carbocycles. The number of halogens is 8. The van der Waals surface area contributed by atoms with E-state index in [1.54, 1.807) is 0 Å². The van der Waals surface area contributed by atoms with Crippen molar-refractivity contribution in [2.24, 2.45) is 0 Å². The van der Waals surface area contributed by atoms with Crippen molar-refractivity contribution in [2.45, 2.75) is 102 Å². The molecule has 0 aromatic carbocycles. The Balaban J connectivity index is 4.82. The Morgan fingerprint density at radius 1 is 0.630 bits per heavy atom. The lowest BCUT2D eigenvalue weighted by molar-refractivity contribution is -0.371. The Morgan fingerprint density at radius 2 is 1.11 bits per heavy atom. The Morgan fingerprint density at radius 3 is 1.67 bits per heavy atom. The Kier molecular flexibility index (Phi) is 11.2. The number of hydrogen-bond donors (Lipinski definition) is 0. The van der Waals surface area contributed by atoms with E-state index in [2.05, 4.69) is 4.74 Å². The van der Waals surface area contributed by atoms with Gasteiger partial charge in [-0.05, 0) is 12.8 Å². The summed E-state index contributed by atoms with van der Waals surface area (Å²) in [6.45, 7) is 2.44. The summed E-state index contributed by atoms with van der Waals surface area (Å²) in [6, 6.07) is 0. The monoisotopic (exact) mass is 413 g/mol. The Hall–Kier alpha value is -0.600. The predicted octanol–water partition coefficient (Wildman–Crippen LogP) is 7.65. The highest BCUT2D eigenvalue weighted by Crippen LogP contribution is 2.54. The molecule has 0 aromatic heterocycles. The van der Waals surface area contributed by atoms with Gasteiger partial charge in [-0.1, -0.05) is 58.8 Å². The molecular weight excluding hydrogens is 384 g/mol. The van der Waals surface area contributed by atoms with Crippen molar-refractivity contribution in [3.8, 4) is 0 Å². The largest absolute Gasteiger partial charge is 0.380 e. The summed E-state index contributed by atoms with van der Waals surface area (Å²) >= 11 is 0. The highest BCUT2D eigenvalue weighted by Gasteiger charge is 2.79. The van der Waals surface area contributed by atoms with Gasteiger partial charge >= 0.3 is 23.7 Å². The SMILES string of the molecule is CCCCC[CH]OCC(F)(F)C(F)(F)C(F)(F)C(F)(F)CCCCCCC. The van der Waals surface area contributed by atoms with Gasteiger partial charge in [-0.25, -0.2) is 0 Å². The molecule has 0 saturated carbocycles. The van der Waals surface area contributed by atoms with Crippen LogP contribution in [0.1, 0.15) is 78.1 Å². The molecule has 0 saturated heterocycles. The highest BCUT2D eigenvalue weighted by molar-refractivity contribution is 5.03. The molecule has 0 aromatic rings. The average Bonchev–Trinajstić information content (AvgIpc) is 2.57. The van der Waals surface area contributed by atoms with Gasteiger partial charge in [0.05, 0.1) is 6.61 Å². The minimum Gasteiger partial charge on any atom is -0.369 e. The van der Waals surface area contributed by atoms with E-state index in [9.17, 15) is 35.1 Å². The van der Waals surface area contributed by atoms with Crippen molar-refractivity contribution in [3.63, 3.8) is 0 Å². The minimum absolute atomic E-state index is 0.136. The summed E-state index contributed by atoms with van der Waals surface area (Å²) in [7, 11) is 0. The number of unbranched alkanes of at least 4 members (excludes halogenated alkanes) is 7. The molecule has 0 rings (SSSR count). The lowest BCUT2D eigenvalue weighted by Gasteiger charge is -2.36. The molecular formula is C18H29F8O. The zero-order valence-corrected chi connectivity index (χ0v) is 15.8. The average molecular weight is 413 g/mol. The third kappa shape index (κ3) is 7.38. The second-order valence-electron chi connectivity index (χ2n) is 6.70. The van der Waals surface area contributed by atoms with E-state index in [0.29, 0.717) is 19.3 Å². The molecule has 0 heterocycles. The first-order valence-electron chi connectivity index (χ1n) is 9.32. The first-order chi connectivity index (χ1) is 12.4. The molecule has 0 unspecified atom stereocenters. The first kappa shape index (κ1) is 26.4. The molecule has 163 valence electrons. The van der Waals surface area contributed by atoms with Crippen LogP contribution in [0.5, 0.6) is 0 Å². The normalized spacial score (nSPS) is 14.0. The predicted molar refractivity (Wildman–Crippen MR) is 87.6 cm³/mol. The molecule has 1 nitrogen and oxygen atoms in total. The van der Waals surface area contributed by atoms with Gasteiger partial charge < -0.3 is 4.74 Å². The molecule has 9 heteroatoms. The number of rotatable bonds is 16. The maximum atomic E-state index is 13.7. The standard InChI is InChI=1S/C18H29F8O/c1-3-5-7-9-10-12-15(19,20)17(23,24)18(25,26)16(21,22)14-27-13-11-8-6-4-2/h13H,3-12,14H2,1-2H3. The van der Waals surface area contributed by atoms with Crippen LogP contribution in [0.3, 0.4) is 0 Å². The zero-order chi connectivity index (χ0) is 21.2. The van der Waals surface area contributed by atoms with Crippen molar-refractivity contribution < 1.29 is 39.9 Å². The van der Waals surface area contributed by atoms with Crippen molar-refractivity contribution in [1.82, 2.24) is 0 Å². The maximum absolute atomic E-state index is 13.7. The highest BCUT2D eigenvalue weighted by atomic mass is 19.4. The summed E-state index contributed by atoms with van der Waals surface area (Å²) in [5.41, 5.74) is 0. The van der Waals surface area contributed by atoms with E-state index in [-0.39, 0.29) is 12.8 Å². The van der Waals surface area contributed by atoms with E-state index in [1.165, 1.54) is 0 Å². The quantitative estimate of drug-likeness (QED) is 0.187. The second kappa shape index (κ2) is 11.4. The number of alkyl halides is 8. The molecule has 0 fully saturated rings. The van der Waals surface area contributed by atoms with Gasteiger partial charge in [0.2, 0.25) is 0 Å². The topological polar surface area (TPSA) is 9.23 Å². The second-order valence-corrected chi connectivity index (χ2v) is 6.70. The van der Waals surface area contributed by atoms with Crippen molar-refractivity contribution in [3.05, 3.63) is 6.61 Å². The van der Waals surface area contributed by atoms with Crippen LogP contribution in [0.2, 0.25) is 0 Å². The third-order valence-electron chi connectivity index (χ3n) is 4.22. The van der Waals surface area contributed by atoms with Crippen molar-refractivity contribution in [2.75, 3.05) is 6.61 Å². The summed E-state index contributed by atoms with van der Waals surface area (Å²) in [6.07, 6.45) is 2.31. The van der Waals surface area contributed by atoms with E-state index in [1.807, 2.05) is 13.8 Å². The first-order valence-corrected chi connectivity index (χ1v) is 9.32. The van der Waals surface area contributed by atoms with Crippen molar-refractivity contribution >= 4 is 0 Å². The van der Waals surface area contributed by atoms with Gasteiger partial charge in [-0.2, -0.15) is 35.1 Å². The van der Waals surface area contributed by atoms with Gasteiger partial charge in [-0.15, -0.1) is 0 Å². The molecule has 0 bridgehead atoms. The van der Waals surface area contributed by atoms with Crippen molar-refractivity contribution in [1.29, 1.82) is 0 Å². The smallest absolute Gasteiger partial charge is 0.369 e. The summed E-state index contributed by atoms with van der Waals surface area (Å²) < 4.78 is 113. The van der Waals surface area contributed by atoms with Crippen LogP contribution in [0, 0.1) is 6.61 Å².